The summed E-state index contributed by atoms with van der Waals surface area (Å²) in [5.41, 5.74) is 0. The van der Waals surface area contributed by atoms with E-state index in [4.69, 9.17) is 0 Å². The lowest BCUT2D eigenvalue weighted by Crippen LogP contribution is -2.45. The number of unbranched alkanes of at least 4 members (excludes halogenated alkanes) is 17. The standard InChI is InChI=1S/C36H67NO4/c1-3-5-7-9-11-13-15-16-17-18-20-21-23-25-27-29-33(39)31-36(41)37-34(32-38)35(40)30-28-26-24-22-19-14-12-10-8-6-4-2/h16-17,19,22,28,30,33-35,38-40H,3-15,18,20-21,23-27,29,31-32H2,1-2H3,(H,37,41)/b17-16-,22-19+,30-28+. The molecule has 0 aliphatic rings. The summed E-state index contributed by atoms with van der Waals surface area (Å²) in [5, 5.41) is 32.9. The molecule has 3 unspecified atom stereocenters. The van der Waals surface area contributed by atoms with Crippen molar-refractivity contribution >= 4 is 5.91 Å². The molecule has 0 aromatic rings. The van der Waals surface area contributed by atoms with Gasteiger partial charge in [0.2, 0.25) is 5.91 Å². The number of allylic oxidation sites excluding steroid dienone is 5. The number of nitrogens with one attached hydrogen (secondary N) is 1. The fraction of sp³-hybridized carbons (Fsp3) is 0.806. The molecule has 0 fully saturated rings. The Balaban J connectivity index is 3.81. The average Bonchev–Trinajstić information content (AvgIpc) is 2.96. The third-order valence-electron chi connectivity index (χ3n) is 7.65. The normalized spacial score (nSPS) is 14.4. The molecule has 3 atom stereocenters. The molecule has 0 aliphatic heterocycles. The number of carbonyl (C=O) groups is 1. The van der Waals surface area contributed by atoms with Gasteiger partial charge in [-0.05, 0) is 57.8 Å². The monoisotopic (exact) mass is 578 g/mol. The van der Waals surface area contributed by atoms with Crippen LogP contribution in [-0.4, -0.2) is 46.1 Å². The minimum absolute atomic E-state index is 0.000425. The van der Waals surface area contributed by atoms with E-state index in [1.165, 1.54) is 89.9 Å². The quantitative estimate of drug-likeness (QED) is 0.0507. The topological polar surface area (TPSA) is 89.8 Å². The Morgan fingerprint density at radius 2 is 1.05 bits per heavy atom. The second-order valence-electron chi connectivity index (χ2n) is 11.8. The SMILES string of the molecule is CCCCCCC/C=C/CC/C=C/C(O)C(CO)NC(=O)CC(O)CCCCCCC/C=C\CCCCCCCC. The van der Waals surface area contributed by atoms with Crippen molar-refractivity contribution in [3.63, 3.8) is 0 Å². The molecule has 5 nitrogen and oxygen atoms in total. The smallest absolute Gasteiger partial charge is 0.222 e. The highest BCUT2D eigenvalue weighted by Crippen LogP contribution is 2.12. The Labute approximate surface area is 254 Å². The van der Waals surface area contributed by atoms with Gasteiger partial charge in [-0.25, -0.2) is 0 Å². The van der Waals surface area contributed by atoms with Gasteiger partial charge >= 0.3 is 0 Å². The summed E-state index contributed by atoms with van der Waals surface area (Å²) in [4.78, 5) is 12.3. The lowest BCUT2D eigenvalue weighted by molar-refractivity contribution is -0.124. The van der Waals surface area contributed by atoms with E-state index in [-0.39, 0.29) is 18.9 Å². The average molecular weight is 578 g/mol. The molecule has 4 N–H and O–H groups in total. The second kappa shape index (κ2) is 31.5. The van der Waals surface area contributed by atoms with E-state index in [1.54, 1.807) is 6.08 Å². The lowest BCUT2D eigenvalue weighted by Gasteiger charge is -2.20. The molecule has 0 bridgehead atoms. The van der Waals surface area contributed by atoms with Crippen LogP contribution in [0.1, 0.15) is 162 Å². The number of aliphatic hydroxyl groups excluding tert-OH is 3. The number of amides is 1. The van der Waals surface area contributed by atoms with E-state index in [1.807, 2.05) is 6.08 Å². The zero-order chi connectivity index (χ0) is 30.2. The number of carbonyl (C=O) groups excluding carboxylic acids is 1. The molecule has 41 heavy (non-hydrogen) atoms. The van der Waals surface area contributed by atoms with Gasteiger partial charge in [-0.3, -0.25) is 4.79 Å². The van der Waals surface area contributed by atoms with E-state index < -0.39 is 18.2 Å². The summed E-state index contributed by atoms with van der Waals surface area (Å²) < 4.78 is 0. The first-order valence-corrected chi connectivity index (χ1v) is 17.3. The van der Waals surface area contributed by atoms with Crippen LogP contribution >= 0.6 is 0 Å². The summed E-state index contributed by atoms with van der Waals surface area (Å²) >= 11 is 0. The predicted molar refractivity (Wildman–Crippen MR) is 176 cm³/mol. The van der Waals surface area contributed by atoms with E-state index in [2.05, 4.69) is 43.5 Å². The molecule has 0 aliphatic carbocycles. The van der Waals surface area contributed by atoms with Crippen LogP contribution in [0.4, 0.5) is 0 Å². The number of hydrogen-bond donors (Lipinski definition) is 4. The molecule has 0 spiro atoms. The van der Waals surface area contributed by atoms with Crippen LogP contribution in [-0.2, 0) is 4.79 Å². The highest BCUT2D eigenvalue weighted by Gasteiger charge is 2.20. The fourth-order valence-corrected chi connectivity index (χ4v) is 4.94. The third-order valence-corrected chi connectivity index (χ3v) is 7.65. The number of aliphatic hydroxyl groups is 3. The summed E-state index contributed by atoms with van der Waals surface area (Å²) in [7, 11) is 0. The van der Waals surface area contributed by atoms with Crippen LogP contribution in [0.5, 0.6) is 0 Å². The maximum absolute atomic E-state index is 12.3. The Hall–Kier alpha value is -1.43. The fourth-order valence-electron chi connectivity index (χ4n) is 4.94. The first-order valence-electron chi connectivity index (χ1n) is 17.3. The van der Waals surface area contributed by atoms with Crippen LogP contribution < -0.4 is 5.32 Å². The Bertz CT molecular complexity index is 645. The van der Waals surface area contributed by atoms with Crippen LogP contribution in [0.3, 0.4) is 0 Å². The van der Waals surface area contributed by atoms with Crippen molar-refractivity contribution in [3.8, 4) is 0 Å². The minimum Gasteiger partial charge on any atom is -0.394 e. The molecule has 5 heteroatoms. The molecule has 0 radical (unpaired) electrons. The zero-order valence-corrected chi connectivity index (χ0v) is 26.9. The van der Waals surface area contributed by atoms with Gasteiger partial charge in [0.05, 0.1) is 31.3 Å². The van der Waals surface area contributed by atoms with Crippen LogP contribution in [0, 0.1) is 0 Å². The van der Waals surface area contributed by atoms with Gasteiger partial charge in [0.25, 0.3) is 0 Å². The zero-order valence-electron chi connectivity index (χ0n) is 26.9. The number of rotatable bonds is 30. The molecule has 0 saturated carbocycles. The highest BCUT2D eigenvalue weighted by molar-refractivity contribution is 5.76. The lowest BCUT2D eigenvalue weighted by atomic mass is 10.0. The molecular weight excluding hydrogens is 510 g/mol. The van der Waals surface area contributed by atoms with Crippen molar-refractivity contribution in [2.75, 3.05) is 6.61 Å². The van der Waals surface area contributed by atoms with Crippen LogP contribution in [0.25, 0.3) is 0 Å². The molecule has 240 valence electrons. The first-order chi connectivity index (χ1) is 20.0. The van der Waals surface area contributed by atoms with Crippen molar-refractivity contribution in [3.05, 3.63) is 36.5 Å². The summed E-state index contributed by atoms with van der Waals surface area (Å²) in [6, 6.07) is -0.760. The van der Waals surface area contributed by atoms with E-state index >= 15 is 0 Å². The third kappa shape index (κ3) is 28.5. The van der Waals surface area contributed by atoms with Crippen molar-refractivity contribution in [1.29, 1.82) is 0 Å². The molecule has 0 saturated heterocycles. The Morgan fingerprint density at radius 1 is 0.610 bits per heavy atom. The molecular formula is C36H67NO4. The van der Waals surface area contributed by atoms with Gasteiger partial charge in [-0.1, -0.05) is 134 Å². The van der Waals surface area contributed by atoms with Gasteiger partial charge in [0.15, 0.2) is 0 Å². The van der Waals surface area contributed by atoms with Crippen molar-refractivity contribution in [1.82, 2.24) is 5.32 Å². The predicted octanol–water partition coefficient (Wildman–Crippen LogP) is 8.87. The second-order valence-corrected chi connectivity index (χ2v) is 11.8. The Kier molecular flexibility index (Phi) is 30.4. The number of hydrogen-bond acceptors (Lipinski definition) is 4. The largest absolute Gasteiger partial charge is 0.394 e. The maximum Gasteiger partial charge on any atom is 0.222 e. The van der Waals surface area contributed by atoms with Gasteiger partial charge < -0.3 is 20.6 Å². The van der Waals surface area contributed by atoms with Gasteiger partial charge in [0, 0.05) is 0 Å². The summed E-state index contributed by atoms with van der Waals surface area (Å²) in [6.07, 6.45) is 36.9. The van der Waals surface area contributed by atoms with Gasteiger partial charge in [-0.2, -0.15) is 0 Å². The summed E-state index contributed by atoms with van der Waals surface area (Å²) in [6.45, 7) is 4.14. The molecule has 0 rings (SSSR count). The van der Waals surface area contributed by atoms with Crippen LogP contribution in [0.15, 0.2) is 36.5 Å². The van der Waals surface area contributed by atoms with E-state index in [0.29, 0.717) is 6.42 Å². The van der Waals surface area contributed by atoms with Crippen molar-refractivity contribution < 1.29 is 20.1 Å². The summed E-state index contributed by atoms with van der Waals surface area (Å²) in [5.74, 6) is -0.335. The van der Waals surface area contributed by atoms with Gasteiger partial charge in [-0.15, -0.1) is 0 Å². The van der Waals surface area contributed by atoms with E-state index in [0.717, 1.165) is 44.9 Å². The van der Waals surface area contributed by atoms with E-state index in [9.17, 15) is 20.1 Å². The van der Waals surface area contributed by atoms with Crippen molar-refractivity contribution in [2.45, 2.75) is 180 Å². The molecule has 0 heterocycles. The highest BCUT2D eigenvalue weighted by atomic mass is 16.3. The van der Waals surface area contributed by atoms with Gasteiger partial charge in [0.1, 0.15) is 0 Å². The Morgan fingerprint density at radius 3 is 1.56 bits per heavy atom. The molecule has 1 amide bonds. The maximum atomic E-state index is 12.3. The van der Waals surface area contributed by atoms with Crippen LogP contribution in [0.2, 0.25) is 0 Å². The molecule has 0 aromatic carbocycles. The minimum atomic E-state index is -0.950. The van der Waals surface area contributed by atoms with Crippen molar-refractivity contribution in [2.24, 2.45) is 0 Å². The molecule has 0 aromatic heterocycles. The first kappa shape index (κ1) is 39.6.